The summed E-state index contributed by atoms with van der Waals surface area (Å²) in [7, 11) is 1.61. The van der Waals surface area contributed by atoms with Gasteiger partial charge in [0.2, 0.25) is 0 Å². The molecule has 26 heavy (non-hydrogen) atoms. The molecular formula is C20H31NO5. The van der Waals surface area contributed by atoms with Gasteiger partial charge in [0.05, 0.1) is 18.0 Å². The van der Waals surface area contributed by atoms with E-state index in [1.165, 1.54) is 0 Å². The van der Waals surface area contributed by atoms with Gasteiger partial charge in [-0.25, -0.2) is 4.79 Å². The standard InChI is InChI=1S/C20H31NO5/c1-9-13-15-14(24-18(5,6)19(7,23-8)25-15)12-21(20(13)10-11-20)16(22)26-17(2,3)4/h1,13-15H,10-12H2,2-8H3/t13-,14-,15-,19+/m1/s1. The van der Waals surface area contributed by atoms with E-state index in [0.717, 1.165) is 12.8 Å². The molecule has 2 aliphatic heterocycles. The van der Waals surface area contributed by atoms with Crippen molar-refractivity contribution in [3.05, 3.63) is 0 Å². The predicted molar refractivity (Wildman–Crippen MR) is 96.5 cm³/mol. The van der Waals surface area contributed by atoms with Crippen molar-refractivity contribution in [3.63, 3.8) is 0 Å². The number of terminal acetylenes is 1. The Balaban J connectivity index is 1.92. The molecule has 0 radical (unpaired) electrons. The van der Waals surface area contributed by atoms with Crippen LogP contribution in [0.15, 0.2) is 0 Å². The molecule has 2 saturated heterocycles. The van der Waals surface area contributed by atoms with Crippen molar-refractivity contribution in [3.8, 4) is 12.3 Å². The Morgan fingerprint density at radius 3 is 2.31 bits per heavy atom. The molecule has 0 unspecified atom stereocenters. The van der Waals surface area contributed by atoms with Crippen LogP contribution in [0.1, 0.15) is 54.4 Å². The van der Waals surface area contributed by atoms with E-state index in [4.69, 9.17) is 25.4 Å². The van der Waals surface area contributed by atoms with Crippen molar-refractivity contribution in [1.29, 1.82) is 0 Å². The highest BCUT2D eigenvalue weighted by atomic mass is 16.7. The highest BCUT2D eigenvalue weighted by Gasteiger charge is 2.67. The first-order valence-electron chi connectivity index (χ1n) is 9.27. The summed E-state index contributed by atoms with van der Waals surface area (Å²) in [6.07, 6.45) is 6.62. The van der Waals surface area contributed by atoms with Crippen LogP contribution in [0.5, 0.6) is 0 Å². The van der Waals surface area contributed by atoms with Crippen LogP contribution in [0, 0.1) is 18.3 Å². The Bertz CT molecular complexity index is 627. The minimum absolute atomic E-state index is 0.264. The second kappa shape index (κ2) is 5.85. The summed E-state index contributed by atoms with van der Waals surface area (Å²) in [6.45, 7) is 11.7. The lowest BCUT2D eigenvalue weighted by Gasteiger charge is -2.57. The molecule has 1 amide bonds. The number of hydrogen-bond acceptors (Lipinski definition) is 5. The molecule has 6 nitrogen and oxygen atoms in total. The molecule has 3 fully saturated rings. The smallest absolute Gasteiger partial charge is 0.410 e. The SMILES string of the molecule is C#C[C@@H]1[C@H]2O[C@](C)(OC)C(C)(C)O[C@@H]2CN(C(=O)OC(C)(C)C)C12CC2. The molecule has 0 aromatic heterocycles. The third-order valence-electron chi connectivity index (χ3n) is 6.02. The summed E-state index contributed by atoms with van der Waals surface area (Å²) in [5.41, 5.74) is -1.65. The van der Waals surface area contributed by atoms with Crippen molar-refractivity contribution >= 4 is 6.09 Å². The third-order valence-corrected chi connectivity index (χ3v) is 6.02. The largest absolute Gasteiger partial charge is 0.444 e. The number of rotatable bonds is 1. The summed E-state index contributed by atoms with van der Waals surface area (Å²) in [6, 6.07) is 0. The number of carbonyl (C=O) groups is 1. The van der Waals surface area contributed by atoms with Gasteiger partial charge in [-0.1, -0.05) is 5.92 Å². The van der Waals surface area contributed by atoms with Gasteiger partial charge in [-0.05, 0) is 54.4 Å². The van der Waals surface area contributed by atoms with Crippen molar-refractivity contribution in [1.82, 2.24) is 4.90 Å². The topological polar surface area (TPSA) is 57.2 Å². The zero-order chi connectivity index (χ0) is 19.5. The van der Waals surface area contributed by atoms with Gasteiger partial charge >= 0.3 is 6.09 Å². The van der Waals surface area contributed by atoms with Crippen molar-refractivity contribution < 1.29 is 23.7 Å². The lowest BCUT2D eigenvalue weighted by Crippen LogP contribution is -2.71. The molecule has 0 N–H and O–H groups in total. The van der Waals surface area contributed by atoms with Crippen LogP contribution in [-0.2, 0) is 18.9 Å². The van der Waals surface area contributed by atoms with E-state index in [9.17, 15) is 4.79 Å². The molecule has 3 rings (SSSR count). The molecule has 0 bridgehead atoms. The summed E-state index contributed by atoms with van der Waals surface area (Å²) >= 11 is 0. The molecule has 0 aromatic carbocycles. The molecule has 3 aliphatic rings. The number of carbonyl (C=O) groups excluding carboxylic acids is 1. The number of fused-ring (bicyclic) bond motifs is 1. The predicted octanol–water partition coefficient (Wildman–Crippen LogP) is 2.94. The molecule has 2 heterocycles. The number of ether oxygens (including phenoxy) is 4. The van der Waals surface area contributed by atoms with E-state index in [1.54, 1.807) is 12.0 Å². The Kier molecular flexibility index (Phi) is 4.38. The van der Waals surface area contributed by atoms with Crippen LogP contribution in [0.25, 0.3) is 0 Å². The fraction of sp³-hybridized carbons (Fsp3) is 0.850. The Morgan fingerprint density at radius 1 is 1.23 bits per heavy atom. The Hall–Kier alpha value is -1.29. The van der Waals surface area contributed by atoms with E-state index in [2.05, 4.69) is 5.92 Å². The second-order valence-electron chi connectivity index (χ2n) is 9.24. The molecule has 1 saturated carbocycles. The zero-order valence-corrected chi connectivity index (χ0v) is 16.9. The number of amides is 1. The van der Waals surface area contributed by atoms with Gasteiger partial charge in [0, 0.05) is 7.11 Å². The summed E-state index contributed by atoms with van der Waals surface area (Å²) < 4.78 is 24.0. The average molecular weight is 365 g/mol. The molecule has 6 heteroatoms. The molecule has 4 atom stereocenters. The van der Waals surface area contributed by atoms with E-state index in [0.29, 0.717) is 6.54 Å². The molecule has 0 aromatic rings. The van der Waals surface area contributed by atoms with Crippen LogP contribution in [0.4, 0.5) is 4.79 Å². The number of hydrogen-bond donors (Lipinski definition) is 0. The van der Waals surface area contributed by atoms with Crippen LogP contribution in [0.3, 0.4) is 0 Å². The van der Waals surface area contributed by atoms with Gasteiger partial charge in [0.25, 0.3) is 0 Å². The maximum absolute atomic E-state index is 12.9. The van der Waals surface area contributed by atoms with Gasteiger partial charge in [-0.3, -0.25) is 4.90 Å². The Labute approximate surface area is 156 Å². The summed E-state index contributed by atoms with van der Waals surface area (Å²) in [5, 5.41) is 0. The van der Waals surface area contributed by atoms with E-state index >= 15 is 0 Å². The quantitative estimate of drug-likeness (QED) is 0.669. The molecular weight excluding hydrogens is 334 g/mol. The minimum atomic E-state index is -0.909. The van der Waals surface area contributed by atoms with Crippen LogP contribution in [0.2, 0.25) is 0 Å². The van der Waals surface area contributed by atoms with Crippen LogP contribution < -0.4 is 0 Å². The summed E-state index contributed by atoms with van der Waals surface area (Å²) in [4.78, 5) is 14.6. The van der Waals surface area contributed by atoms with Gasteiger partial charge < -0.3 is 18.9 Å². The second-order valence-corrected chi connectivity index (χ2v) is 9.24. The maximum atomic E-state index is 12.9. The zero-order valence-electron chi connectivity index (χ0n) is 16.9. The van der Waals surface area contributed by atoms with Crippen LogP contribution >= 0.6 is 0 Å². The van der Waals surface area contributed by atoms with Crippen LogP contribution in [-0.4, -0.2) is 59.4 Å². The molecule has 1 spiro atoms. The van der Waals surface area contributed by atoms with Gasteiger partial charge in [0.15, 0.2) is 5.79 Å². The van der Waals surface area contributed by atoms with E-state index in [-0.39, 0.29) is 24.2 Å². The Morgan fingerprint density at radius 2 is 1.85 bits per heavy atom. The van der Waals surface area contributed by atoms with Crippen molar-refractivity contribution in [2.45, 2.75) is 89.1 Å². The number of likely N-dealkylation sites (tertiary alicyclic amines) is 1. The lowest BCUT2D eigenvalue weighted by molar-refractivity contribution is -0.394. The number of piperidine rings is 1. The summed E-state index contributed by atoms with van der Waals surface area (Å²) in [5.74, 6) is 1.71. The van der Waals surface area contributed by atoms with Crippen molar-refractivity contribution in [2.75, 3.05) is 13.7 Å². The first-order chi connectivity index (χ1) is 11.9. The first kappa shape index (κ1) is 19.5. The fourth-order valence-electron chi connectivity index (χ4n) is 4.12. The van der Waals surface area contributed by atoms with Gasteiger partial charge in [-0.2, -0.15) is 0 Å². The van der Waals surface area contributed by atoms with E-state index in [1.807, 2.05) is 41.5 Å². The fourth-order valence-corrected chi connectivity index (χ4v) is 4.12. The normalized spacial score (nSPS) is 37.6. The number of nitrogens with zero attached hydrogens (tertiary/aromatic N) is 1. The minimum Gasteiger partial charge on any atom is -0.444 e. The third kappa shape index (κ3) is 2.90. The van der Waals surface area contributed by atoms with Crippen molar-refractivity contribution in [2.24, 2.45) is 5.92 Å². The van der Waals surface area contributed by atoms with Gasteiger partial charge in [0.1, 0.15) is 23.4 Å². The average Bonchev–Trinajstić information content (AvgIpc) is 3.28. The van der Waals surface area contributed by atoms with Gasteiger partial charge in [-0.15, -0.1) is 6.42 Å². The highest BCUT2D eigenvalue weighted by Crippen LogP contribution is 2.56. The van der Waals surface area contributed by atoms with E-state index < -0.39 is 22.5 Å². The first-order valence-corrected chi connectivity index (χ1v) is 9.27. The highest BCUT2D eigenvalue weighted by molar-refractivity contribution is 5.70. The molecule has 146 valence electrons. The number of methoxy groups -OCH3 is 1. The maximum Gasteiger partial charge on any atom is 0.410 e. The molecule has 1 aliphatic carbocycles. The lowest BCUT2D eigenvalue weighted by atomic mass is 9.80. The monoisotopic (exact) mass is 365 g/mol.